The second-order valence-electron chi connectivity index (χ2n) is 1.90. The Morgan fingerprint density at radius 1 is 1.64 bits per heavy atom. The predicted molar refractivity (Wildman–Crippen MR) is 41.9 cm³/mol. The van der Waals surface area contributed by atoms with E-state index in [9.17, 15) is 0 Å². The molecule has 0 unspecified atom stereocenters. The largest absolute Gasteiger partial charge is 0.476 e. The Hall–Kier alpha value is -1.13. The Morgan fingerprint density at radius 2 is 2.55 bits per heavy atom. The third-order valence-corrected chi connectivity index (χ3v) is 1.12. The smallest absolute Gasteiger partial charge is 0.151 e. The van der Waals surface area contributed by atoms with Crippen LogP contribution in [0.15, 0.2) is 24.5 Å². The maximum absolute atomic E-state index is 5.21. The summed E-state index contributed by atoms with van der Waals surface area (Å²) in [6.07, 6.45) is 3.37. The van der Waals surface area contributed by atoms with Gasteiger partial charge in [0.15, 0.2) is 6.73 Å². The second kappa shape index (κ2) is 4.65. The molecule has 0 aliphatic heterocycles. The van der Waals surface area contributed by atoms with Gasteiger partial charge in [0.1, 0.15) is 5.75 Å². The SMILES string of the molecule is CNNCOc1cccnc1. The molecule has 0 fully saturated rings. The molecule has 60 valence electrons. The van der Waals surface area contributed by atoms with E-state index in [1.165, 1.54) is 0 Å². The zero-order valence-electron chi connectivity index (χ0n) is 6.37. The van der Waals surface area contributed by atoms with Crippen molar-refractivity contribution in [3.8, 4) is 5.75 Å². The van der Waals surface area contributed by atoms with E-state index in [2.05, 4.69) is 15.8 Å². The minimum absolute atomic E-state index is 0.433. The molecule has 0 aromatic carbocycles. The zero-order chi connectivity index (χ0) is 7.94. The molecule has 11 heavy (non-hydrogen) atoms. The van der Waals surface area contributed by atoms with Gasteiger partial charge in [-0.15, -0.1) is 0 Å². The van der Waals surface area contributed by atoms with Crippen molar-refractivity contribution in [1.82, 2.24) is 15.8 Å². The topological polar surface area (TPSA) is 46.2 Å². The van der Waals surface area contributed by atoms with Crippen LogP contribution in [0, 0.1) is 0 Å². The Labute approximate surface area is 65.6 Å². The highest BCUT2D eigenvalue weighted by Gasteiger charge is 1.88. The molecule has 0 spiro atoms. The van der Waals surface area contributed by atoms with Crippen molar-refractivity contribution in [2.24, 2.45) is 0 Å². The number of hydrogen-bond donors (Lipinski definition) is 2. The summed E-state index contributed by atoms with van der Waals surface area (Å²) < 4.78 is 5.21. The van der Waals surface area contributed by atoms with Crippen molar-refractivity contribution in [3.63, 3.8) is 0 Å². The van der Waals surface area contributed by atoms with Crippen molar-refractivity contribution < 1.29 is 4.74 Å². The van der Waals surface area contributed by atoms with E-state index in [-0.39, 0.29) is 0 Å². The molecule has 4 nitrogen and oxygen atoms in total. The van der Waals surface area contributed by atoms with Gasteiger partial charge in [-0.25, -0.2) is 5.43 Å². The molecule has 0 bridgehead atoms. The summed E-state index contributed by atoms with van der Waals surface area (Å²) in [6, 6.07) is 3.68. The van der Waals surface area contributed by atoms with Gasteiger partial charge in [-0.05, 0) is 19.2 Å². The summed E-state index contributed by atoms with van der Waals surface area (Å²) in [4.78, 5) is 3.89. The number of rotatable bonds is 4. The molecule has 0 radical (unpaired) electrons. The van der Waals surface area contributed by atoms with E-state index in [0.29, 0.717) is 6.73 Å². The van der Waals surface area contributed by atoms with Gasteiger partial charge < -0.3 is 4.74 Å². The van der Waals surface area contributed by atoms with Crippen LogP contribution in [0.25, 0.3) is 0 Å². The van der Waals surface area contributed by atoms with E-state index in [0.717, 1.165) is 5.75 Å². The maximum atomic E-state index is 5.21. The molecular formula is C7H11N3O. The van der Waals surface area contributed by atoms with Gasteiger partial charge in [-0.1, -0.05) is 0 Å². The summed E-state index contributed by atoms with van der Waals surface area (Å²) >= 11 is 0. The molecule has 4 heteroatoms. The lowest BCUT2D eigenvalue weighted by Crippen LogP contribution is -2.31. The minimum atomic E-state index is 0.433. The normalized spacial score (nSPS) is 9.55. The molecule has 1 aromatic rings. The molecule has 2 N–H and O–H groups in total. The first-order chi connectivity index (χ1) is 5.43. The van der Waals surface area contributed by atoms with Gasteiger partial charge in [0.05, 0.1) is 6.20 Å². The lowest BCUT2D eigenvalue weighted by molar-refractivity contribution is 0.266. The Morgan fingerprint density at radius 3 is 3.18 bits per heavy atom. The molecule has 0 saturated heterocycles. The lowest BCUT2D eigenvalue weighted by atomic mass is 10.5. The van der Waals surface area contributed by atoms with Gasteiger partial charge in [0.2, 0.25) is 0 Å². The summed E-state index contributed by atoms with van der Waals surface area (Å²) in [5.74, 6) is 0.759. The highest BCUT2D eigenvalue weighted by atomic mass is 16.5. The van der Waals surface area contributed by atoms with E-state index < -0.39 is 0 Å². The lowest BCUT2D eigenvalue weighted by Gasteiger charge is -2.04. The quantitative estimate of drug-likeness (QED) is 0.367. The van der Waals surface area contributed by atoms with Crippen LogP contribution in [-0.2, 0) is 0 Å². The number of hydrogen-bond acceptors (Lipinski definition) is 4. The standard InChI is InChI=1S/C7H11N3O/c1-8-10-6-11-7-3-2-4-9-5-7/h2-5,8,10H,6H2,1H3. The van der Waals surface area contributed by atoms with Gasteiger partial charge >= 0.3 is 0 Å². The molecular weight excluding hydrogens is 142 g/mol. The van der Waals surface area contributed by atoms with E-state index in [1.54, 1.807) is 19.4 Å². The first-order valence-corrected chi connectivity index (χ1v) is 3.36. The Bertz CT molecular complexity index is 190. The third kappa shape index (κ3) is 2.97. The average Bonchev–Trinajstić information content (AvgIpc) is 2.07. The highest BCUT2D eigenvalue weighted by molar-refractivity contribution is 5.15. The fourth-order valence-corrected chi connectivity index (χ4v) is 0.624. The van der Waals surface area contributed by atoms with Crippen LogP contribution >= 0.6 is 0 Å². The van der Waals surface area contributed by atoms with Crippen LogP contribution < -0.4 is 15.6 Å². The maximum Gasteiger partial charge on any atom is 0.151 e. The number of nitrogens with zero attached hydrogens (tertiary/aromatic N) is 1. The summed E-state index contributed by atoms with van der Waals surface area (Å²) in [7, 11) is 1.78. The third-order valence-electron chi connectivity index (χ3n) is 1.12. The van der Waals surface area contributed by atoms with Crippen LogP contribution in [0.4, 0.5) is 0 Å². The molecule has 1 aromatic heterocycles. The van der Waals surface area contributed by atoms with E-state index in [4.69, 9.17) is 4.74 Å². The summed E-state index contributed by atoms with van der Waals surface area (Å²) in [6.45, 7) is 0.433. The van der Waals surface area contributed by atoms with Gasteiger partial charge in [0.25, 0.3) is 0 Å². The number of hydrazine groups is 1. The van der Waals surface area contributed by atoms with E-state index in [1.807, 2.05) is 12.1 Å². The number of ether oxygens (including phenoxy) is 1. The number of nitrogens with one attached hydrogen (secondary N) is 2. The predicted octanol–water partition coefficient (Wildman–Crippen LogP) is 0.142. The fourth-order valence-electron chi connectivity index (χ4n) is 0.624. The van der Waals surface area contributed by atoms with Gasteiger partial charge in [-0.2, -0.15) is 0 Å². The first kappa shape index (κ1) is 7.97. The van der Waals surface area contributed by atoms with Crippen LogP contribution in [0.1, 0.15) is 0 Å². The molecule has 0 atom stereocenters. The van der Waals surface area contributed by atoms with Crippen molar-refractivity contribution in [3.05, 3.63) is 24.5 Å². The fraction of sp³-hybridized carbons (Fsp3) is 0.286. The van der Waals surface area contributed by atoms with Crippen molar-refractivity contribution >= 4 is 0 Å². The highest BCUT2D eigenvalue weighted by Crippen LogP contribution is 2.04. The Kier molecular flexibility index (Phi) is 3.37. The minimum Gasteiger partial charge on any atom is -0.476 e. The monoisotopic (exact) mass is 153 g/mol. The number of aromatic nitrogens is 1. The molecule has 0 aliphatic rings. The molecule has 0 saturated carbocycles. The second-order valence-corrected chi connectivity index (χ2v) is 1.90. The van der Waals surface area contributed by atoms with E-state index >= 15 is 0 Å². The Balaban J connectivity index is 2.28. The molecule has 1 rings (SSSR count). The number of pyridine rings is 1. The molecule has 0 aliphatic carbocycles. The van der Waals surface area contributed by atoms with Crippen molar-refractivity contribution in [2.45, 2.75) is 0 Å². The van der Waals surface area contributed by atoms with Crippen LogP contribution in [-0.4, -0.2) is 18.8 Å². The summed E-state index contributed by atoms with van der Waals surface area (Å²) in [5.41, 5.74) is 5.54. The zero-order valence-corrected chi connectivity index (χ0v) is 6.37. The van der Waals surface area contributed by atoms with Crippen molar-refractivity contribution in [2.75, 3.05) is 13.8 Å². The van der Waals surface area contributed by atoms with Gasteiger partial charge in [-0.3, -0.25) is 10.4 Å². The summed E-state index contributed by atoms with van der Waals surface area (Å²) in [5, 5.41) is 0. The first-order valence-electron chi connectivity index (χ1n) is 3.36. The van der Waals surface area contributed by atoms with Gasteiger partial charge in [0, 0.05) is 6.20 Å². The molecule has 1 heterocycles. The van der Waals surface area contributed by atoms with Crippen LogP contribution in [0.2, 0.25) is 0 Å². The average molecular weight is 153 g/mol. The van der Waals surface area contributed by atoms with Crippen LogP contribution in [0.5, 0.6) is 5.75 Å². The molecule has 0 amide bonds. The van der Waals surface area contributed by atoms with Crippen LogP contribution in [0.3, 0.4) is 0 Å². The van der Waals surface area contributed by atoms with Crippen molar-refractivity contribution in [1.29, 1.82) is 0 Å².